The van der Waals surface area contributed by atoms with Crippen LogP contribution in [-0.2, 0) is 16.0 Å². The number of aliphatic carboxylic acids is 1. The highest BCUT2D eigenvalue weighted by Gasteiger charge is 2.30. The van der Waals surface area contributed by atoms with Gasteiger partial charge in [0.15, 0.2) is 0 Å². The molecule has 3 rings (SSSR count). The third-order valence-corrected chi connectivity index (χ3v) is 4.21. The van der Waals surface area contributed by atoms with E-state index in [4.69, 9.17) is 5.11 Å². The third kappa shape index (κ3) is 3.08. The van der Waals surface area contributed by atoms with Crippen molar-refractivity contribution in [1.82, 2.24) is 10.3 Å². The van der Waals surface area contributed by atoms with Crippen LogP contribution in [0.15, 0.2) is 36.5 Å². The number of carboxylic acid groups (broad SMARTS) is 1. The van der Waals surface area contributed by atoms with Crippen molar-refractivity contribution in [2.75, 3.05) is 0 Å². The summed E-state index contributed by atoms with van der Waals surface area (Å²) in [6, 6.07) is 9.61. The van der Waals surface area contributed by atoms with Crippen LogP contribution in [0.5, 0.6) is 0 Å². The zero-order valence-electron chi connectivity index (χ0n) is 12.2. The molecule has 1 aromatic carbocycles. The van der Waals surface area contributed by atoms with E-state index in [-0.39, 0.29) is 24.3 Å². The Morgan fingerprint density at radius 1 is 1.23 bits per heavy atom. The molecule has 2 atom stereocenters. The first-order valence-corrected chi connectivity index (χ1v) is 7.48. The number of rotatable bonds is 4. The van der Waals surface area contributed by atoms with Gasteiger partial charge in [-0.15, -0.1) is 0 Å². The van der Waals surface area contributed by atoms with Crippen LogP contribution in [0.1, 0.15) is 24.8 Å². The summed E-state index contributed by atoms with van der Waals surface area (Å²) in [5, 5.41) is 13.0. The minimum atomic E-state index is -0.769. The van der Waals surface area contributed by atoms with Crippen LogP contribution in [0.25, 0.3) is 10.9 Å². The molecule has 0 bridgehead atoms. The van der Waals surface area contributed by atoms with E-state index >= 15 is 0 Å². The number of pyridine rings is 1. The summed E-state index contributed by atoms with van der Waals surface area (Å²) >= 11 is 0. The van der Waals surface area contributed by atoms with Gasteiger partial charge in [-0.2, -0.15) is 0 Å². The SMILES string of the molecule is O=C(Cc1cccc2cccnc12)N[C@@H]1CC[C@H](C(=O)O)C1. The molecule has 0 radical (unpaired) electrons. The van der Waals surface area contributed by atoms with Gasteiger partial charge in [0.2, 0.25) is 5.91 Å². The van der Waals surface area contributed by atoms with Crippen molar-refractivity contribution >= 4 is 22.8 Å². The minimum Gasteiger partial charge on any atom is -0.481 e. The van der Waals surface area contributed by atoms with E-state index in [2.05, 4.69) is 10.3 Å². The average Bonchev–Trinajstić information content (AvgIpc) is 2.96. The van der Waals surface area contributed by atoms with Crippen molar-refractivity contribution in [2.45, 2.75) is 31.7 Å². The Morgan fingerprint density at radius 3 is 2.82 bits per heavy atom. The molecule has 0 saturated heterocycles. The van der Waals surface area contributed by atoms with Crippen molar-refractivity contribution in [3.63, 3.8) is 0 Å². The molecular formula is C17H18N2O3. The molecular weight excluding hydrogens is 280 g/mol. The lowest BCUT2D eigenvalue weighted by molar-refractivity contribution is -0.141. The highest BCUT2D eigenvalue weighted by atomic mass is 16.4. The number of nitrogens with one attached hydrogen (secondary N) is 1. The number of hydrogen-bond acceptors (Lipinski definition) is 3. The average molecular weight is 298 g/mol. The van der Waals surface area contributed by atoms with Gasteiger partial charge < -0.3 is 10.4 Å². The Kier molecular flexibility index (Phi) is 4.04. The molecule has 1 heterocycles. The topological polar surface area (TPSA) is 79.3 Å². The van der Waals surface area contributed by atoms with E-state index in [9.17, 15) is 9.59 Å². The van der Waals surface area contributed by atoms with E-state index < -0.39 is 5.97 Å². The smallest absolute Gasteiger partial charge is 0.306 e. The maximum absolute atomic E-state index is 12.2. The molecule has 0 unspecified atom stereocenters. The number of carboxylic acids is 1. The Bertz CT molecular complexity index is 709. The van der Waals surface area contributed by atoms with Gasteiger partial charge in [-0.1, -0.05) is 24.3 Å². The molecule has 1 fully saturated rings. The summed E-state index contributed by atoms with van der Waals surface area (Å²) in [6.45, 7) is 0. The van der Waals surface area contributed by atoms with Crippen LogP contribution in [0, 0.1) is 5.92 Å². The molecule has 1 aliphatic carbocycles. The number of aromatic nitrogens is 1. The quantitative estimate of drug-likeness (QED) is 0.906. The fourth-order valence-electron chi connectivity index (χ4n) is 3.10. The van der Waals surface area contributed by atoms with Gasteiger partial charge in [-0.05, 0) is 30.9 Å². The Balaban J connectivity index is 1.65. The number of hydrogen-bond donors (Lipinski definition) is 2. The van der Waals surface area contributed by atoms with Crippen molar-refractivity contribution < 1.29 is 14.7 Å². The predicted molar refractivity (Wildman–Crippen MR) is 82.4 cm³/mol. The fourth-order valence-corrected chi connectivity index (χ4v) is 3.10. The molecule has 0 spiro atoms. The first kappa shape index (κ1) is 14.5. The van der Waals surface area contributed by atoms with E-state index in [1.807, 2.05) is 30.3 Å². The largest absolute Gasteiger partial charge is 0.481 e. The maximum Gasteiger partial charge on any atom is 0.306 e. The minimum absolute atomic E-state index is 0.0310. The number of nitrogens with zero attached hydrogens (tertiary/aromatic N) is 1. The molecule has 0 aliphatic heterocycles. The third-order valence-electron chi connectivity index (χ3n) is 4.21. The number of fused-ring (bicyclic) bond motifs is 1. The normalized spacial score (nSPS) is 20.9. The molecule has 1 aromatic heterocycles. The summed E-state index contributed by atoms with van der Waals surface area (Å²) in [7, 11) is 0. The highest BCUT2D eigenvalue weighted by molar-refractivity contribution is 5.87. The van der Waals surface area contributed by atoms with E-state index in [1.165, 1.54) is 0 Å². The Hall–Kier alpha value is -2.43. The zero-order chi connectivity index (χ0) is 15.5. The second-order valence-corrected chi connectivity index (χ2v) is 5.78. The summed E-state index contributed by atoms with van der Waals surface area (Å²) in [6.07, 6.45) is 3.88. The van der Waals surface area contributed by atoms with Crippen molar-refractivity contribution in [3.8, 4) is 0 Å². The van der Waals surface area contributed by atoms with Crippen LogP contribution >= 0.6 is 0 Å². The Labute approximate surface area is 128 Å². The summed E-state index contributed by atoms with van der Waals surface area (Å²) < 4.78 is 0. The fraction of sp³-hybridized carbons (Fsp3) is 0.353. The lowest BCUT2D eigenvalue weighted by atomic mass is 10.1. The van der Waals surface area contributed by atoms with Gasteiger partial charge in [0, 0.05) is 17.6 Å². The van der Waals surface area contributed by atoms with Gasteiger partial charge >= 0.3 is 5.97 Å². The number of para-hydroxylation sites is 1. The van der Waals surface area contributed by atoms with Gasteiger partial charge in [0.1, 0.15) is 0 Å². The molecule has 5 heteroatoms. The Morgan fingerprint density at radius 2 is 2.05 bits per heavy atom. The van der Waals surface area contributed by atoms with E-state index in [0.29, 0.717) is 12.8 Å². The lowest BCUT2D eigenvalue weighted by Gasteiger charge is -2.13. The highest BCUT2D eigenvalue weighted by Crippen LogP contribution is 2.25. The van der Waals surface area contributed by atoms with Gasteiger partial charge in [0.25, 0.3) is 0 Å². The molecule has 2 N–H and O–H groups in total. The lowest BCUT2D eigenvalue weighted by Crippen LogP contribution is -2.34. The van der Waals surface area contributed by atoms with Crippen LogP contribution in [0.4, 0.5) is 0 Å². The monoisotopic (exact) mass is 298 g/mol. The van der Waals surface area contributed by atoms with E-state index in [0.717, 1.165) is 22.9 Å². The summed E-state index contributed by atoms with van der Waals surface area (Å²) in [5.74, 6) is -1.17. The number of benzene rings is 1. The summed E-state index contributed by atoms with van der Waals surface area (Å²) in [5.41, 5.74) is 1.73. The van der Waals surface area contributed by atoms with Gasteiger partial charge in [-0.3, -0.25) is 14.6 Å². The first-order chi connectivity index (χ1) is 10.6. The summed E-state index contributed by atoms with van der Waals surface area (Å²) in [4.78, 5) is 27.5. The number of carbonyl (C=O) groups excluding carboxylic acids is 1. The maximum atomic E-state index is 12.2. The van der Waals surface area contributed by atoms with E-state index in [1.54, 1.807) is 6.20 Å². The predicted octanol–water partition coefficient (Wildman–Crippen LogP) is 2.15. The number of amides is 1. The second-order valence-electron chi connectivity index (χ2n) is 5.78. The van der Waals surface area contributed by atoms with Crippen LogP contribution in [0.2, 0.25) is 0 Å². The molecule has 5 nitrogen and oxygen atoms in total. The molecule has 1 saturated carbocycles. The van der Waals surface area contributed by atoms with Gasteiger partial charge in [-0.25, -0.2) is 0 Å². The van der Waals surface area contributed by atoms with Gasteiger partial charge in [0.05, 0.1) is 17.9 Å². The molecule has 114 valence electrons. The molecule has 22 heavy (non-hydrogen) atoms. The van der Waals surface area contributed by atoms with Crippen LogP contribution in [-0.4, -0.2) is 28.0 Å². The van der Waals surface area contributed by atoms with Crippen molar-refractivity contribution in [3.05, 3.63) is 42.1 Å². The molecule has 2 aromatic rings. The van der Waals surface area contributed by atoms with Crippen LogP contribution < -0.4 is 5.32 Å². The second kappa shape index (κ2) is 6.13. The number of carbonyl (C=O) groups is 2. The first-order valence-electron chi connectivity index (χ1n) is 7.48. The standard InChI is InChI=1S/C17H18N2O3/c20-15(19-14-7-6-13(9-14)17(21)22)10-12-4-1-3-11-5-2-8-18-16(11)12/h1-5,8,13-14H,6-7,9-10H2,(H,19,20)(H,21,22)/t13-,14+/m0/s1. The zero-order valence-corrected chi connectivity index (χ0v) is 12.2. The van der Waals surface area contributed by atoms with Crippen molar-refractivity contribution in [2.24, 2.45) is 5.92 Å². The molecule has 1 aliphatic rings. The van der Waals surface area contributed by atoms with Crippen LogP contribution in [0.3, 0.4) is 0 Å². The molecule has 1 amide bonds. The van der Waals surface area contributed by atoms with Crippen molar-refractivity contribution in [1.29, 1.82) is 0 Å².